The predicted molar refractivity (Wildman–Crippen MR) is 91.0 cm³/mol. The summed E-state index contributed by atoms with van der Waals surface area (Å²) < 4.78 is 5.43. The highest BCUT2D eigenvalue weighted by Crippen LogP contribution is 2.18. The second kappa shape index (κ2) is 8.14. The Labute approximate surface area is 139 Å². The first kappa shape index (κ1) is 16.8. The molecule has 0 unspecified atom stereocenters. The van der Waals surface area contributed by atoms with Gasteiger partial charge in [0.1, 0.15) is 5.75 Å². The molecule has 0 atom stereocenters. The van der Waals surface area contributed by atoms with Crippen LogP contribution in [0.1, 0.15) is 16.0 Å². The minimum atomic E-state index is -0.428. The number of hydrazine groups is 1. The summed E-state index contributed by atoms with van der Waals surface area (Å²) in [5.41, 5.74) is 6.69. The quantitative estimate of drug-likeness (QED) is 0.654. The van der Waals surface area contributed by atoms with E-state index >= 15 is 0 Å². The van der Waals surface area contributed by atoms with Crippen molar-refractivity contribution in [3.05, 3.63) is 57.8 Å². The summed E-state index contributed by atoms with van der Waals surface area (Å²) in [5.74, 6) is -0.184. The molecule has 120 valence electrons. The van der Waals surface area contributed by atoms with Gasteiger partial charge >= 0.3 is 0 Å². The SMILES string of the molecule is Cc1ccc(OCC(=O)NNC(=O)C=Cc2cccs2)c(C)c1. The maximum atomic E-state index is 11.7. The molecule has 1 aromatic heterocycles. The van der Waals surface area contributed by atoms with E-state index in [4.69, 9.17) is 4.74 Å². The van der Waals surface area contributed by atoms with E-state index in [2.05, 4.69) is 10.9 Å². The molecule has 1 heterocycles. The fraction of sp³-hybridized carbons (Fsp3) is 0.176. The van der Waals surface area contributed by atoms with Crippen LogP contribution in [0.15, 0.2) is 41.8 Å². The van der Waals surface area contributed by atoms with E-state index in [1.807, 2.05) is 49.6 Å². The van der Waals surface area contributed by atoms with E-state index < -0.39 is 11.8 Å². The largest absolute Gasteiger partial charge is 0.483 e. The highest BCUT2D eigenvalue weighted by molar-refractivity contribution is 7.10. The lowest BCUT2D eigenvalue weighted by Gasteiger charge is -2.10. The monoisotopic (exact) mass is 330 g/mol. The molecule has 0 radical (unpaired) electrons. The Balaban J connectivity index is 1.73. The molecule has 5 nitrogen and oxygen atoms in total. The molecule has 0 saturated carbocycles. The molecule has 0 aliphatic heterocycles. The molecule has 1 aromatic carbocycles. The van der Waals surface area contributed by atoms with Crippen LogP contribution in [-0.2, 0) is 9.59 Å². The van der Waals surface area contributed by atoms with Crippen LogP contribution in [0.2, 0.25) is 0 Å². The summed E-state index contributed by atoms with van der Waals surface area (Å²) in [7, 11) is 0. The average Bonchev–Trinajstić information content (AvgIpc) is 3.03. The first-order valence-corrected chi connectivity index (χ1v) is 7.93. The zero-order valence-electron chi connectivity index (χ0n) is 13.0. The Morgan fingerprint density at radius 3 is 2.74 bits per heavy atom. The van der Waals surface area contributed by atoms with Gasteiger partial charge < -0.3 is 4.74 Å². The van der Waals surface area contributed by atoms with Crippen LogP contribution < -0.4 is 15.6 Å². The number of amides is 2. The fourth-order valence-electron chi connectivity index (χ4n) is 1.86. The van der Waals surface area contributed by atoms with Crippen LogP contribution in [0.5, 0.6) is 5.75 Å². The van der Waals surface area contributed by atoms with Crippen LogP contribution in [0.3, 0.4) is 0 Å². The Bertz CT molecular complexity index is 709. The summed E-state index contributed by atoms with van der Waals surface area (Å²) in [6.45, 7) is 3.74. The molecule has 0 fully saturated rings. The Morgan fingerprint density at radius 1 is 1.22 bits per heavy atom. The molecule has 2 rings (SSSR count). The van der Waals surface area contributed by atoms with Crippen LogP contribution >= 0.6 is 11.3 Å². The highest BCUT2D eigenvalue weighted by Gasteiger charge is 2.05. The predicted octanol–water partition coefficient (Wildman–Crippen LogP) is 2.60. The maximum Gasteiger partial charge on any atom is 0.276 e. The third-order valence-electron chi connectivity index (χ3n) is 2.96. The fourth-order valence-corrected chi connectivity index (χ4v) is 2.48. The molecule has 0 saturated heterocycles. The number of carbonyl (C=O) groups excluding carboxylic acids is 2. The number of ether oxygens (including phenoxy) is 1. The molecule has 0 aliphatic carbocycles. The second-order valence-electron chi connectivity index (χ2n) is 4.94. The maximum absolute atomic E-state index is 11.7. The van der Waals surface area contributed by atoms with Crippen molar-refractivity contribution in [1.82, 2.24) is 10.9 Å². The van der Waals surface area contributed by atoms with Crippen LogP contribution in [-0.4, -0.2) is 18.4 Å². The zero-order valence-corrected chi connectivity index (χ0v) is 13.8. The Morgan fingerprint density at radius 2 is 2.04 bits per heavy atom. The lowest BCUT2D eigenvalue weighted by molar-refractivity contribution is -0.128. The smallest absolute Gasteiger partial charge is 0.276 e. The minimum absolute atomic E-state index is 0.168. The van der Waals surface area contributed by atoms with E-state index in [1.54, 1.807) is 6.08 Å². The molecular weight excluding hydrogens is 312 g/mol. The van der Waals surface area contributed by atoms with E-state index in [0.717, 1.165) is 16.0 Å². The van der Waals surface area contributed by atoms with Gasteiger partial charge in [-0.15, -0.1) is 11.3 Å². The first-order valence-electron chi connectivity index (χ1n) is 7.05. The van der Waals surface area contributed by atoms with Crippen LogP contribution in [0, 0.1) is 13.8 Å². The van der Waals surface area contributed by atoms with Gasteiger partial charge in [0.15, 0.2) is 6.61 Å². The van der Waals surface area contributed by atoms with E-state index in [9.17, 15) is 9.59 Å². The lowest BCUT2D eigenvalue weighted by atomic mass is 10.1. The van der Waals surface area contributed by atoms with E-state index in [1.165, 1.54) is 17.4 Å². The molecule has 23 heavy (non-hydrogen) atoms. The minimum Gasteiger partial charge on any atom is -0.483 e. The molecule has 2 N–H and O–H groups in total. The normalized spacial score (nSPS) is 10.5. The van der Waals surface area contributed by atoms with Gasteiger partial charge in [0.05, 0.1) is 0 Å². The highest BCUT2D eigenvalue weighted by atomic mass is 32.1. The van der Waals surface area contributed by atoms with Crippen LogP contribution in [0.4, 0.5) is 0 Å². The van der Waals surface area contributed by atoms with Crippen molar-refractivity contribution in [3.63, 3.8) is 0 Å². The van der Waals surface area contributed by atoms with Crippen molar-refractivity contribution in [2.24, 2.45) is 0 Å². The van der Waals surface area contributed by atoms with E-state index in [-0.39, 0.29) is 6.61 Å². The van der Waals surface area contributed by atoms with Gasteiger partial charge in [0, 0.05) is 11.0 Å². The van der Waals surface area contributed by atoms with E-state index in [0.29, 0.717) is 5.75 Å². The topological polar surface area (TPSA) is 67.4 Å². The van der Waals surface area contributed by atoms with Crippen molar-refractivity contribution in [2.75, 3.05) is 6.61 Å². The first-order chi connectivity index (χ1) is 11.0. The number of thiophene rings is 1. The molecule has 2 aromatic rings. The third-order valence-corrected chi connectivity index (χ3v) is 3.79. The van der Waals surface area contributed by atoms with Gasteiger partial charge in [-0.1, -0.05) is 23.8 Å². The van der Waals surface area contributed by atoms with Gasteiger partial charge in [-0.25, -0.2) is 0 Å². The molecule has 0 aliphatic rings. The van der Waals surface area contributed by atoms with Crippen molar-refractivity contribution in [2.45, 2.75) is 13.8 Å². The van der Waals surface area contributed by atoms with Crippen LogP contribution in [0.25, 0.3) is 6.08 Å². The molecule has 0 spiro atoms. The lowest BCUT2D eigenvalue weighted by Crippen LogP contribution is -2.43. The number of aryl methyl sites for hydroxylation is 2. The number of benzene rings is 1. The van der Waals surface area contributed by atoms with Gasteiger partial charge in [0.2, 0.25) is 0 Å². The standard InChI is InChI=1S/C17H18N2O3S/c1-12-5-7-15(13(2)10-12)22-11-17(21)19-18-16(20)8-6-14-4-3-9-23-14/h3-10H,11H2,1-2H3,(H,18,20)(H,19,21). The third kappa shape index (κ3) is 5.60. The van der Waals surface area contributed by atoms with Gasteiger partial charge in [-0.2, -0.15) is 0 Å². The van der Waals surface area contributed by atoms with Crippen molar-refractivity contribution in [1.29, 1.82) is 0 Å². The average molecular weight is 330 g/mol. The number of nitrogens with one attached hydrogen (secondary N) is 2. The number of hydrogen-bond donors (Lipinski definition) is 2. The summed E-state index contributed by atoms with van der Waals surface area (Å²) in [4.78, 5) is 24.2. The summed E-state index contributed by atoms with van der Waals surface area (Å²) >= 11 is 1.52. The zero-order chi connectivity index (χ0) is 16.7. The molecule has 0 bridgehead atoms. The number of carbonyl (C=O) groups is 2. The van der Waals surface area contributed by atoms with Gasteiger partial charge in [-0.3, -0.25) is 20.4 Å². The van der Waals surface area contributed by atoms with Crippen molar-refractivity contribution < 1.29 is 14.3 Å². The summed E-state index contributed by atoms with van der Waals surface area (Å²) in [6.07, 6.45) is 3.04. The molecular formula is C17H18N2O3S. The summed E-state index contributed by atoms with van der Waals surface area (Å²) in [5, 5.41) is 1.92. The molecule has 6 heteroatoms. The second-order valence-corrected chi connectivity index (χ2v) is 5.92. The van der Waals surface area contributed by atoms with Gasteiger partial charge in [-0.05, 0) is 43.0 Å². The number of rotatable bonds is 5. The number of hydrogen-bond acceptors (Lipinski definition) is 4. The Kier molecular flexibility index (Phi) is 5.94. The van der Waals surface area contributed by atoms with Gasteiger partial charge in [0.25, 0.3) is 11.8 Å². The van der Waals surface area contributed by atoms with Crippen molar-refractivity contribution >= 4 is 29.2 Å². The van der Waals surface area contributed by atoms with Crippen molar-refractivity contribution in [3.8, 4) is 5.75 Å². The Hall–Kier alpha value is -2.60. The molecule has 2 amide bonds. The summed E-state index contributed by atoms with van der Waals surface area (Å²) in [6, 6.07) is 9.50.